The van der Waals surface area contributed by atoms with Gasteiger partial charge in [-0.15, -0.1) is 0 Å². The van der Waals surface area contributed by atoms with Crippen LogP contribution >= 0.6 is 0 Å². The van der Waals surface area contributed by atoms with E-state index in [0.29, 0.717) is 18.8 Å². The molecule has 4 heteroatoms. The number of carbonyl (C=O) groups excluding carboxylic acids is 2. The van der Waals surface area contributed by atoms with Gasteiger partial charge in [0.05, 0.1) is 12.7 Å². The van der Waals surface area contributed by atoms with Gasteiger partial charge in [-0.25, -0.2) is 0 Å². The summed E-state index contributed by atoms with van der Waals surface area (Å²) in [7, 11) is 0. The fraction of sp³-hybridized carbons (Fsp3) is 0.727. The Balaban J connectivity index is 1.91. The van der Waals surface area contributed by atoms with Gasteiger partial charge in [0.1, 0.15) is 11.9 Å². The largest absolute Gasteiger partial charge is 0.462 e. The summed E-state index contributed by atoms with van der Waals surface area (Å²) in [4.78, 5) is 24.4. The minimum Gasteiger partial charge on any atom is -0.462 e. The lowest BCUT2D eigenvalue weighted by molar-refractivity contribution is -0.150. The first-order valence-electron chi connectivity index (χ1n) is 9.91. The van der Waals surface area contributed by atoms with Crippen LogP contribution in [0.4, 0.5) is 0 Å². The van der Waals surface area contributed by atoms with E-state index < -0.39 is 0 Å². The minimum absolute atomic E-state index is 0.0323. The summed E-state index contributed by atoms with van der Waals surface area (Å²) in [6, 6.07) is 0. The van der Waals surface area contributed by atoms with Crippen LogP contribution in [0.25, 0.3) is 0 Å². The average Bonchev–Trinajstić information content (AvgIpc) is 2.95. The molecule has 0 aromatic carbocycles. The molecule has 0 aromatic rings. The topological polar surface area (TPSA) is 52.6 Å². The summed E-state index contributed by atoms with van der Waals surface area (Å²) < 4.78 is 11.8. The van der Waals surface area contributed by atoms with E-state index in [1.54, 1.807) is 0 Å². The minimum atomic E-state index is -0.241. The lowest BCUT2D eigenvalue weighted by atomic mass is 9.72. The van der Waals surface area contributed by atoms with E-state index in [1.165, 1.54) is 18.1 Å². The fourth-order valence-electron chi connectivity index (χ4n) is 5.39. The van der Waals surface area contributed by atoms with E-state index in [2.05, 4.69) is 39.8 Å². The van der Waals surface area contributed by atoms with Crippen molar-refractivity contribution in [3.63, 3.8) is 0 Å². The van der Waals surface area contributed by atoms with Gasteiger partial charge in [0.25, 0.3) is 0 Å². The number of ether oxygens (including phenoxy) is 2. The van der Waals surface area contributed by atoms with Crippen molar-refractivity contribution in [2.45, 2.75) is 66.1 Å². The number of hydrogen-bond donors (Lipinski definition) is 0. The van der Waals surface area contributed by atoms with E-state index in [9.17, 15) is 9.59 Å². The van der Waals surface area contributed by atoms with Crippen molar-refractivity contribution in [1.82, 2.24) is 0 Å². The maximum Gasteiger partial charge on any atom is 0.302 e. The molecular weight excluding hydrogens is 328 g/mol. The fourth-order valence-corrected chi connectivity index (χ4v) is 5.39. The third-order valence-electron chi connectivity index (χ3n) is 6.64. The van der Waals surface area contributed by atoms with Crippen LogP contribution in [0.2, 0.25) is 0 Å². The lowest BCUT2D eigenvalue weighted by Gasteiger charge is -2.31. The van der Waals surface area contributed by atoms with Crippen LogP contribution in [0.15, 0.2) is 23.3 Å². The molecule has 26 heavy (non-hydrogen) atoms. The molecule has 7 atom stereocenters. The Kier molecular flexibility index (Phi) is 5.71. The van der Waals surface area contributed by atoms with Crippen LogP contribution in [-0.2, 0) is 19.1 Å². The third-order valence-corrected chi connectivity index (χ3v) is 6.64. The SMILES string of the molecule is CC(=O)O[C@@H]1C[C@@H](/C(C)=C\CC=C(C)C)[C@@H]2[C@H]1CO[C@H]1CC(=O)[C@@H]2[C@@H]1C. The Labute approximate surface area is 157 Å². The summed E-state index contributed by atoms with van der Waals surface area (Å²) in [6.07, 6.45) is 6.64. The Hall–Kier alpha value is -1.42. The lowest BCUT2D eigenvalue weighted by Crippen LogP contribution is -2.35. The van der Waals surface area contributed by atoms with E-state index in [4.69, 9.17) is 9.47 Å². The van der Waals surface area contributed by atoms with E-state index in [0.717, 1.165) is 12.8 Å². The third kappa shape index (κ3) is 3.66. The number of rotatable bonds is 4. The molecule has 3 aliphatic rings. The second-order valence-corrected chi connectivity index (χ2v) is 8.62. The van der Waals surface area contributed by atoms with Crippen molar-refractivity contribution in [2.75, 3.05) is 6.61 Å². The number of allylic oxidation sites excluding steroid dienone is 4. The summed E-state index contributed by atoms with van der Waals surface area (Å²) in [5, 5.41) is 0. The zero-order valence-electron chi connectivity index (χ0n) is 16.7. The quantitative estimate of drug-likeness (QED) is 0.559. The number of Topliss-reactive ketones (excluding diaryl/α,β-unsaturated/α-hetero) is 1. The smallest absolute Gasteiger partial charge is 0.302 e. The highest BCUT2D eigenvalue weighted by molar-refractivity contribution is 5.85. The van der Waals surface area contributed by atoms with Crippen molar-refractivity contribution in [3.8, 4) is 0 Å². The van der Waals surface area contributed by atoms with Crippen LogP contribution in [0.5, 0.6) is 0 Å². The number of hydrogen-bond acceptors (Lipinski definition) is 4. The molecule has 0 spiro atoms. The molecule has 4 nitrogen and oxygen atoms in total. The Morgan fingerprint density at radius 2 is 1.96 bits per heavy atom. The van der Waals surface area contributed by atoms with Crippen LogP contribution in [0.3, 0.4) is 0 Å². The standard InChI is InChI=1S/C22H32O4/c1-12(2)7-6-8-13(3)16-9-20(26-15(5)23)17-11-25-19-10-18(24)21(14(19)4)22(16)17/h7-8,14,16-17,19-22H,6,9-11H2,1-5H3/b13-8-/t14-,16+,17+,19+,20-,21+,22-/m1/s1. The first-order valence-corrected chi connectivity index (χ1v) is 9.91. The van der Waals surface area contributed by atoms with Crippen LogP contribution in [0, 0.1) is 29.6 Å². The number of esters is 1. The van der Waals surface area contributed by atoms with Crippen molar-refractivity contribution in [2.24, 2.45) is 29.6 Å². The predicted octanol–water partition coefficient (Wildman–Crippen LogP) is 4.10. The summed E-state index contributed by atoms with van der Waals surface area (Å²) >= 11 is 0. The second kappa shape index (κ2) is 7.67. The summed E-state index contributed by atoms with van der Waals surface area (Å²) in [6.45, 7) is 10.6. The van der Waals surface area contributed by atoms with Gasteiger partial charge in [0, 0.05) is 25.2 Å². The molecule has 1 heterocycles. The molecule has 144 valence electrons. The molecule has 0 amide bonds. The van der Waals surface area contributed by atoms with Crippen LogP contribution in [-0.4, -0.2) is 30.6 Å². The van der Waals surface area contributed by atoms with Crippen molar-refractivity contribution in [1.29, 1.82) is 0 Å². The Bertz CT molecular complexity index is 628. The highest BCUT2D eigenvalue weighted by Crippen LogP contribution is 2.54. The molecule has 0 radical (unpaired) electrons. The van der Waals surface area contributed by atoms with E-state index in [1.807, 2.05) is 0 Å². The van der Waals surface area contributed by atoms with Crippen molar-refractivity contribution < 1.29 is 19.1 Å². The van der Waals surface area contributed by atoms with Gasteiger partial charge < -0.3 is 9.47 Å². The van der Waals surface area contributed by atoms with Gasteiger partial charge in [-0.2, -0.15) is 0 Å². The van der Waals surface area contributed by atoms with Gasteiger partial charge in [0.15, 0.2) is 0 Å². The molecule has 2 bridgehead atoms. The van der Waals surface area contributed by atoms with Gasteiger partial charge >= 0.3 is 5.97 Å². The van der Waals surface area contributed by atoms with Gasteiger partial charge in [0.2, 0.25) is 0 Å². The number of fused-ring (bicyclic) bond motifs is 4. The van der Waals surface area contributed by atoms with Gasteiger partial charge in [-0.05, 0) is 51.4 Å². The molecule has 1 aliphatic heterocycles. The zero-order chi connectivity index (χ0) is 19.0. The Morgan fingerprint density at radius 1 is 1.23 bits per heavy atom. The molecule has 2 aliphatic carbocycles. The number of ketones is 1. The first kappa shape index (κ1) is 19.3. The molecule has 3 fully saturated rings. The van der Waals surface area contributed by atoms with Crippen LogP contribution < -0.4 is 0 Å². The summed E-state index contributed by atoms with van der Waals surface area (Å²) in [5.41, 5.74) is 2.62. The maximum atomic E-state index is 12.7. The van der Waals surface area contributed by atoms with Crippen LogP contribution in [0.1, 0.15) is 53.9 Å². The summed E-state index contributed by atoms with van der Waals surface area (Å²) in [5.74, 6) is 1.00. The maximum absolute atomic E-state index is 12.7. The monoisotopic (exact) mass is 360 g/mol. The van der Waals surface area contributed by atoms with Gasteiger partial charge in [-0.1, -0.05) is 30.2 Å². The van der Waals surface area contributed by atoms with Gasteiger partial charge in [-0.3, -0.25) is 9.59 Å². The predicted molar refractivity (Wildman–Crippen MR) is 100 cm³/mol. The highest BCUT2D eigenvalue weighted by atomic mass is 16.5. The van der Waals surface area contributed by atoms with Crippen molar-refractivity contribution in [3.05, 3.63) is 23.3 Å². The molecule has 0 aromatic heterocycles. The molecule has 3 rings (SSSR count). The zero-order valence-corrected chi connectivity index (χ0v) is 16.7. The second-order valence-electron chi connectivity index (χ2n) is 8.62. The van der Waals surface area contributed by atoms with E-state index >= 15 is 0 Å². The first-order chi connectivity index (χ1) is 12.3. The molecular formula is C22H32O4. The molecule has 1 saturated heterocycles. The molecule has 0 N–H and O–H groups in total. The molecule has 2 saturated carbocycles. The normalized spacial score (nSPS) is 39.3. The van der Waals surface area contributed by atoms with E-state index in [-0.39, 0.29) is 47.8 Å². The number of carbonyl (C=O) groups is 2. The highest BCUT2D eigenvalue weighted by Gasteiger charge is 2.57. The molecule has 0 unspecified atom stereocenters. The van der Waals surface area contributed by atoms with Crippen molar-refractivity contribution >= 4 is 11.8 Å². The average molecular weight is 360 g/mol. The Morgan fingerprint density at radius 3 is 2.62 bits per heavy atom.